The summed E-state index contributed by atoms with van der Waals surface area (Å²) in [7, 11) is 0. The molecule has 0 amide bonds. The van der Waals surface area contributed by atoms with E-state index >= 15 is 0 Å². The molecule has 7 heteroatoms. The number of halogens is 1. The van der Waals surface area contributed by atoms with Gasteiger partial charge in [0.1, 0.15) is 5.75 Å². The van der Waals surface area contributed by atoms with Gasteiger partial charge in [-0.3, -0.25) is 4.90 Å². The van der Waals surface area contributed by atoms with Crippen LogP contribution in [0.15, 0.2) is 84.9 Å². The van der Waals surface area contributed by atoms with Crippen molar-refractivity contribution in [3.8, 4) is 5.75 Å². The van der Waals surface area contributed by atoms with Crippen LogP contribution in [0.4, 0.5) is 0 Å². The van der Waals surface area contributed by atoms with E-state index in [1.807, 2.05) is 12.1 Å². The predicted molar refractivity (Wildman–Crippen MR) is 148 cm³/mol. The number of hydrogen-bond acceptors (Lipinski definition) is 6. The maximum atomic E-state index is 13.4. The molecule has 37 heavy (non-hydrogen) atoms. The van der Waals surface area contributed by atoms with Gasteiger partial charge in [0, 0.05) is 12.1 Å². The van der Waals surface area contributed by atoms with E-state index in [1.165, 1.54) is 5.56 Å². The van der Waals surface area contributed by atoms with Gasteiger partial charge in [-0.25, -0.2) is 4.79 Å². The van der Waals surface area contributed by atoms with Crippen molar-refractivity contribution in [3.63, 3.8) is 0 Å². The van der Waals surface area contributed by atoms with Crippen molar-refractivity contribution in [1.29, 1.82) is 0 Å². The van der Waals surface area contributed by atoms with Crippen molar-refractivity contribution < 1.29 is 19.4 Å². The molecule has 198 valence electrons. The highest BCUT2D eigenvalue weighted by atomic mass is 35.5. The van der Waals surface area contributed by atoms with Gasteiger partial charge in [-0.15, -0.1) is 12.4 Å². The van der Waals surface area contributed by atoms with Crippen molar-refractivity contribution in [3.05, 3.63) is 102 Å². The molecule has 3 aromatic carbocycles. The number of carbonyl (C=O) groups excluding carboxylic acids is 1. The molecule has 0 spiro atoms. The van der Waals surface area contributed by atoms with E-state index in [0.29, 0.717) is 36.6 Å². The van der Waals surface area contributed by atoms with Crippen LogP contribution in [0.3, 0.4) is 0 Å². The van der Waals surface area contributed by atoms with E-state index in [1.54, 1.807) is 48.5 Å². The van der Waals surface area contributed by atoms with Gasteiger partial charge in [0.05, 0.1) is 13.2 Å². The van der Waals surface area contributed by atoms with Gasteiger partial charge in [0.2, 0.25) is 5.60 Å². The fourth-order valence-corrected chi connectivity index (χ4v) is 4.62. The number of ether oxygens (including phenoxy) is 2. The SMILES string of the molecule is Cl.NCCCOc1cccc(C(O)(C(=O)OCC2CCN(Cc3ccccc3)CC2)c2ccccc2)c1. The minimum atomic E-state index is -1.93. The van der Waals surface area contributed by atoms with E-state index in [-0.39, 0.29) is 18.3 Å². The Morgan fingerprint density at radius 2 is 1.59 bits per heavy atom. The summed E-state index contributed by atoms with van der Waals surface area (Å²) in [5.41, 5.74) is 5.83. The van der Waals surface area contributed by atoms with Crippen LogP contribution >= 0.6 is 12.4 Å². The number of likely N-dealkylation sites (tertiary alicyclic amines) is 1. The molecule has 6 nitrogen and oxygen atoms in total. The fourth-order valence-electron chi connectivity index (χ4n) is 4.62. The maximum Gasteiger partial charge on any atom is 0.347 e. The third kappa shape index (κ3) is 7.55. The average Bonchev–Trinajstić information content (AvgIpc) is 2.93. The van der Waals surface area contributed by atoms with Gasteiger partial charge in [-0.1, -0.05) is 72.8 Å². The van der Waals surface area contributed by atoms with E-state index in [4.69, 9.17) is 15.2 Å². The van der Waals surface area contributed by atoms with Crippen molar-refractivity contribution in [2.45, 2.75) is 31.4 Å². The lowest BCUT2D eigenvalue weighted by atomic mass is 9.86. The zero-order valence-electron chi connectivity index (χ0n) is 21.1. The lowest BCUT2D eigenvalue weighted by molar-refractivity contribution is -0.164. The van der Waals surface area contributed by atoms with Gasteiger partial charge in [0.25, 0.3) is 0 Å². The molecule has 1 atom stereocenters. The number of piperidine rings is 1. The summed E-state index contributed by atoms with van der Waals surface area (Å²) >= 11 is 0. The Morgan fingerprint density at radius 1 is 0.946 bits per heavy atom. The fraction of sp³-hybridized carbons (Fsp3) is 0.367. The zero-order valence-corrected chi connectivity index (χ0v) is 21.9. The summed E-state index contributed by atoms with van der Waals surface area (Å²) in [6, 6.07) is 26.4. The highest BCUT2D eigenvalue weighted by molar-refractivity contribution is 5.86. The standard InChI is InChI=1S/C30H36N2O4.ClH/c31-17-8-20-35-28-14-7-13-27(21-28)30(34,26-11-5-2-6-12-26)29(33)36-23-25-15-18-32(19-16-25)22-24-9-3-1-4-10-24;/h1-7,9-14,21,25,34H,8,15-20,22-23,31H2;1H. The summed E-state index contributed by atoms with van der Waals surface area (Å²) in [4.78, 5) is 15.9. The molecule has 0 radical (unpaired) electrons. The van der Waals surface area contributed by atoms with Crippen LogP contribution in [-0.2, 0) is 21.7 Å². The minimum absolute atomic E-state index is 0. The maximum absolute atomic E-state index is 13.4. The Morgan fingerprint density at radius 3 is 2.27 bits per heavy atom. The molecule has 3 N–H and O–H groups in total. The van der Waals surface area contributed by atoms with Crippen LogP contribution < -0.4 is 10.5 Å². The largest absolute Gasteiger partial charge is 0.494 e. The highest BCUT2D eigenvalue weighted by Gasteiger charge is 2.42. The lowest BCUT2D eigenvalue weighted by Crippen LogP contribution is -2.40. The number of rotatable bonds is 11. The lowest BCUT2D eigenvalue weighted by Gasteiger charge is -2.33. The molecule has 0 aliphatic carbocycles. The van der Waals surface area contributed by atoms with Crippen molar-refractivity contribution in [2.24, 2.45) is 11.7 Å². The van der Waals surface area contributed by atoms with E-state index in [0.717, 1.165) is 38.9 Å². The van der Waals surface area contributed by atoms with Gasteiger partial charge in [0.15, 0.2) is 0 Å². The second-order valence-corrected chi connectivity index (χ2v) is 9.40. The van der Waals surface area contributed by atoms with Gasteiger partial charge < -0.3 is 20.3 Å². The van der Waals surface area contributed by atoms with Crippen LogP contribution in [0.5, 0.6) is 5.75 Å². The van der Waals surface area contributed by atoms with Crippen molar-refractivity contribution in [2.75, 3.05) is 32.8 Å². The predicted octanol–water partition coefficient (Wildman–Crippen LogP) is 4.53. The number of aliphatic hydroxyl groups is 1. The first-order valence-electron chi connectivity index (χ1n) is 12.7. The average molecular weight is 525 g/mol. The second kappa shape index (κ2) is 14.1. The second-order valence-electron chi connectivity index (χ2n) is 9.40. The topological polar surface area (TPSA) is 85.0 Å². The summed E-state index contributed by atoms with van der Waals surface area (Å²) in [5, 5.41) is 11.8. The molecule has 0 aromatic heterocycles. The molecular formula is C30H37ClN2O4. The summed E-state index contributed by atoms with van der Waals surface area (Å²) in [6.45, 7) is 4.15. The first-order chi connectivity index (χ1) is 17.6. The summed E-state index contributed by atoms with van der Waals surface area (Å²) in [6.07, 6.45) is 2.63. The normalized spacial score (nSPS) is 15.8. The number of esters is 1. The third-order valence-electron chi connectivity index (χ3n) is 6.76. The highest BCUT2D eigenvalue weighted by Crippen LogP contribution is 2.33. The number of nitrogens with two attached hydrogens (primary N) is 1. The number of hydrogen-bond donors (Lipinski definition) is 2. The Kier molecular flexibility index (Phi) is 11.0. The molecule has 1 unspecified atom stereocenters. The molecule has 1 fully saturated rings. The number of carbonyl (C=O) groups is 1. The molecule has 1 aliphatic rings. The molecule has 1 saturated heterocycles. The zero-order chi connectivity index (χ0) is 25.2. The number of benzene rings is 3. The van der Waals surface area contributed by atoms with Crippen LogP contribution in [0.1, 0.15) is 36.0 Å². The molecule has 0 bridgehead atoms. The molecule has 3 aromatic rings. The van der Waals surface area contributed by atoms with Gasteiger partial charge in [-0.2, -0.15) is 0 Å². The molecule has 0 saturated carbocycles. The van der Waals surface area contributed by atoms with Crippen LogP contribution in [0.25, 0.3) is 0 Å². The first kappa shape index (κ1) is 28.7. The van der Waals surface area contributed by atoms with E-state index in [2.05, 4.69) is 29.2 Å². The Bertz CT molecular complexity index is 1090. The Labute approximate surface area is 225 Å². The van der Waals surface area contributed by atoms with Crippen molar-refractivity contribution >= 4 is 18.4 Å². The summed E-state index contributed by atoms with van der Waals surface area (Å²) in [5.74, 6) is 0.181. The smallest absolute Gasteiger partial charge is 0.347 e. The Balaban J connectivity index is 0.00000380. The molecule has 4 rings (SSSR count). The van der Waals surface area contributed by atoms with Gasteiger partial charge in [-0.05, 0) is 68.1 Å². The minimum Gasteiger partial charge on any atom is -0.494 e. The Hall–Kier alpha value is -2.90. The monoisotopic (exact) mass is 524 g/mol. The van der Waals surface area contributed by atoms with Crippen LogP contribution in [0.2, 0.25) is 0 Å². The molecule has 1 heterocycles. The molecular weight excluding hydrogens is 488 g/mol. The summed E-state index contributed by atoms with van der Waals surface area (Å²) < 4.78 is 11.5. The van der Waals surface area contributed by atoms with Crippen LogP contribution in [-0.4, -0.2) is 48.8 Å². The first-order valence-corrected chi connectivity index (χ1v) is 12.7. The van der Waals surface area contributed by atoms with Gasteiger partial charge >= 0.3 is 5.97 Å². The van der Waals surface area contributed by atoms with Crippen LogP contribution in [0, 0.1) is 5.92 Å². The van der Waals surface area contributed by atoms with E-state index in [9.17, 15) is 9.90 Å². The number of nitrogens with zero attached hydrogens (tertiary/aromatic N) is 1. The van der Waals surface area contributed by atoms with E-state index < -0.39 is 11.6 Å². The quantitative estimate of drug-likeness (QED) is 0.283. The van der Waals surface area contributed by atoms with Crippen molar-refractivity contribution in [1.82, 2.24) is 4.90 Å². The molecule has 1 aliphatic heterocycles. The third-order valence-corrected chi connectivity index (χ3v) is 6.76.